The third kappa shape index (κ3) is 18.4. The molecule has 0 aromatic heterocycles. The molecule has 2 aromatic carbocycles. The summed E-state index contributed by atoms with van der Waals surface area (Å²) >= 11 is 0. The van der Waals surface area contributed by atoms with Crippen molar-refractivity contribution in [3.63, 3.8) is 0 Å². The molecule has 0 saturated carbocycles. The number of rotatable bonds is 6. The van der Waals surface area contributed by atoms with Crippen LogP contribution >= 0.6 is 10.7 Å². The molecule has 0 saturated heterocycles. The number of sulfonamides is 1. The predicted octanol–water partition coefficient (Wildman–Crippen LogP) is 3.23. The summed E-state index contributed by atoms with van der Waals surface area (Å²) in [6.07, 6.45) is 0.630. The molecule has 3 N–H and O–H groups in total. The maximum absolute atomic E-state index is 12.4. The van der Waals surface area contributed by atoms with Gasteiger partial charge in [0, 0.05) is 17.3 Å². The van der Waals surface area contributed by atoms with Gasteiger partial charge in [-0.3, -0.25) is 0 Å². The average molecular weight is 488 g/mol. The highest BCUT2D eigenvalue weighted by atomic mass is 35.7. The fourth-order valence-electron chi connectivity index (χ4n) is 1.80. The second-order valence-electron chi connectivity index (χ2n) is 5.68. The molecular weight excluding hydrogens is 460 g/mol. The Labute approximate surface area is 182 Å². The van der Waals surface area contributed by atoms with E-state index in [4.69, 9.17) is 20.9 Å². The third-order valence-electron chi connectivity index (χ3n) is 3.14. The number of hydrogen-bond donors (Lipinski definition) is 2. The lowest BCUT2D eigenvalue weighted by molar-refractivity contribution is 0.318. The molecule has 0 bridgehead atoms. The van der Waals surface area contributed by atoms with Crippen LogP contribution in [0.25, 0.3) is 0 Å². The van der Waals surface area contributed by atoms with Gasteiger partial charge in [-0.1, -0.05) is 31.7 Å². The number of aryl methyl sites for hydroxylation is 2. The molecule has 0 amide bonds. The van der Waals surface area contributed by atoms with E-state index >= 15 is 0 Å². The van der Waals surface area contributed by atoms with Gasteiger partial charge in [0.1, 0.15) is 11.6 Å². The first-order chi connectivity index (χ1) is 13.4. The van der Waals surface area contributed by atoms with Crippen LogP contribution in [0.1, 0.15) is 25.5 Å². The smallest absolute Gasteiger partial charge is 0.232 e. The van der Waals surface area contributed by atoms with Crippen LogP contribution in [0, 0.1) is 11.6 Å². The van der Waals surface area contributed by atoms with Crippen molar-refractivity contribution in [3.05, 3.63) is 71.3 Å². The molecule has 0 atom stereocenters. The lowest BCUT2D eigenvalue weighted by Gasteiger charge is -1.98. The zero-order chi connectivity index (χ0) is 22.5. The van der Waals surface area contributed by atoms with E-state index in [9.17, 15) is 25.6 Å². The van der Waals surface area contributed by atoms with E-state index < -0.39 is 19.1 Å². The summed E-state index contributed by atoms with van der Waals surface area (Å²) in [6, 6.07) is 11.3. The molecule has 11 heteroatoms. The average Bonchev–Trinajstić information content (AvgIpc) is 2.61. The van der Waals surface area contributed by atoms with E-state index in [0.29, 0.717) is 12.8 Å². The van der Waals surface area contributed by atoms with E-state index in [1.807, 2.05) is 0 Å². The molecule has 0 unspecified atom stereocenters. The lowest BCUT2D eigenvalue weighted by atomic mass is 10.2. The van der Waals surface area contributed by atoms with E-state index in [1.165, 1.54) is 36.4 Å². The molecular formula is C19H28ClF2NO5S2. The number of halogens is 3. The Morgan fingerprint density at radius 1 is 0.833 bits per heavy atom. The minimum atomic E-state index is -3.45. The maximum atomic E-state index is 12.4. The van der Waals surface area contributed by atoms with Crippen LogP contribution in [0.4, 0.5) is 8.78 Å². The predicted molar refractivity (Wildman–Crippen MR) is 117 cm³/mol. The van der Waals surface area contributed by atoms with Gasteiger partial charge in [0.25, 0.3) is 0 Å². The summed E-state index contributed by atoms with van der Waals surface area (Å²) in [7, 11) is -1.87. The fraction of sp³-hybridized carbons (Fsp3) is 0.368. The molecule has 0 aliphatic carbocycles. The van der Waals surface area contributed by atoms with Crippen molar-refractivity contribution in [2.45, 2.75) is 27.2 Å². The van der Waals surface area contributed by atoms with Gasteiger partial charge in [-0.2, -0.15) is 0 Å². The Bertz CT molecular complexity index is 843. The number of hydrogen-bond acceptors (Lipinski definition) is 5. The van der Waals surface area contributed by atoms with Crippen LogP contribution in [0.2, 0.25) is 0 Å². The van der Waals surface area contributed by atoms with Gasteiger partial charge in [0.2, 0.25) is 19.1 Å². The van der Waals surface area contributed by atoms with Crippen LogP contribution in [0.5, 0.6) is 0 Å². The quantitative estimate of drug-likeness (QED) is 0.607. The molecule has 0 radical (unpaired) electrons. The van der Waals surface area contributed by atoms with Crippen LogP contribution in [-0.4, -0.2) is 40.1 Å². The summed E-state index contributed by atoms with van der Waals surface area (Å²) in [5.41, 5.74) is 1.51. The Morgan fingerprint density at radius 3 is 1.40 bits per heavy atom. The van der Waals surface area contributed by atoms with Crippen molar-refractivity contribution < 1.29 is 30.7 Å². The van der Waals surface area contributed by atoms with E-state index in [1.54, 1.807) is 19.1 Å². The van der Waals surface area contributed by atoms with Gasteiger partial charge >= 0.3 is 0 Å². The third-order valence-corrected chi connectivity index (χ3v) is 5.06. The van der Waals surface area contributed by atoms with Gasteiger partial charge in [0.15, 0.2) is 0 Å². The first kappa shape index (κ1) is 30.6. The largest absolute Gasteiger partial charge is 0.397 e. The minimum Gasteiger partial charge on any atom is -0.397 e. The first-order valence-corrected chi connectivity index (χ1v) is 12.6. The molecule has 0 spiro atoms. The minimum absolute atomic E-state index is 0. The summed E-state index contributed by atoms with van der Waals surface area (Å²) in [5.74, 6) is -0.907. The Balaban J connectivity index is 0. The molecule has 2 aromatic rings. The van der Waals surface area contributed by atoms with Crippen LogP contribution in [-0.2, 0) is 31.9 Å². The lowest BCUT2D eigenvalue weighted by Crippen LogP contribution is -2.17. The highest BCUT2D eigenvalue weighted by Crippen LogP contribution is 2.06. The Hall–Kier alpha value is -1.59. The molecule has 0 heterocycles. The van der Waals surface area contributed by atoms with Crippen LogP contribution in [0.3, 0.4) is 0 Å². The van der Waals surface area contributed by atoms with Gasteiger partial charge in [-0.15, -0.1) is 0 Å². The molecule has 0 aliphatic heterocycles. The standard InChI is InChI=1S/C8H8ClFO2S.C8H10FNO2S.C2H6O.CH4/c9-13(11,12)6-5-7-1-3-8(10)4-2-7;9-8-3-1-7(2-4-8)5-6-13(10,11)12;1-2-3;/h1-4H,5-6H2;1-4H,5-6H2,(H2,10,11,12);3H,2H2,1H3;1H4. The van der Waals surface area contributed by atoms with Crippen molar-refractivity contribution in [1.29, 1.82) is 0 Å². The fourth-order valence-corrected chi connectivity index (χ4v) is 3.03. The number of aliphatic hydroxyl groups excluding tert-OH is 1. The van der Waals surface area contributed by atoms with Crippen molar-refractivity contribution in [1.82, 2.24) is 0 Å². The number of primary sulfonamides is 1. The zero-order valence-electron chi connectivity index (χ0n) is 15.8. The SMILES string of the molecule is C.CCO.NS(=O)(=O)CCc1ccc(F)cc1.O=S(=O)(Cl)CCc1ccc(F)cc1. The van der Waals surface area contributed by atoms with Gasteiger partial charge in [-0.05, 0) is 55.2 Å². The van der Waals surface area contributed by atoms with Gasteiger partial charge in [0.05, 0.1) is 11.5 Å². The zero-order valence-corrected chi connectivity index (χ0v) is 18.2. The highest BCUT2D eigenvalue weighted by Gasteiger charge is 2.05. The van der Waals surface area contributed by atoms with Gasteiger partial charge < -0.3 is 5.11 Å². The first-order valence-electron chi connectivity index (χ1n) is 8.39. The monoisotopic (exact) mass is 487 g/mol. The van der Waals surface area contributed by atoms with Gasteiger partial charge in [-0.25, -0.2) is 30.8 Å². The maximum Gasteiger partial charge on any atom is 0.232 e. The molecule has 0 aliphatic rings. The summed E-state index contributed by atoms with van der Waals surface area (Å²) < 4.78 is 67.1. The topological polar surface area (TPSA) is 115 Å². The second kappa shape index (κ2) is 15.2. The number of aliphatic hydroxyl groups is 1. The van der Waals surface area contributed by atoms with E-state index in [0.717, 1.165) is 11.1 Å². The Morgan fingerprint density at radius 2 is 1.13 bits per heavy atom. The summed E-state index contributed by atoms with van der Waals surface area (Å²) in [4.78, 5) is 0. The highest BCUT2D eigenvalue weighted by molar-refractivity contribution is 8.13. The van der Waals surface area contributed by atoms with Crippen molar-refractivity contribution in [2.75, 3.05) is 18.1 Å². The summed E-state index contributed by atoms with van der Waals surface area (Å²) in [6.45, 7) is 1.93. The summed E-state index contributed by atoms with van der Waals surface area (Å²) in [5, 5.41) is 12.4. The molecule has 0 fully saturated rings. The van der Waals surface area contributed by atoms with Crippen molar-refractivity contribution in [2.24, 2.45) is 5.14 Å². The van der Waals surface area contributed by atoms with E-state index in [2.05, 4.69) is 0 Å². The van der Waals surface area contributed by atoms with Crippen molar-refractivity contribution >= 4 is 29.8 Å². The van der Waals surface area contributed by atoms with Crippen LogP contribution in [0.15, 0.2) is 48.5 Å². The normalized spacial score (nSPS) is 10.6. The molecule has 2 rings (SSSR count). The molecule has 6 nitrogen and oxygen atoms in total. The number of nitrogens with two attached hydrogens (primary N) is 1. The second-order valence-corrected chi connectivity index (χ2v) is 10.3. The number of benzene rings is 2. The van der Waals surface area contributed by atoms with Crippen molar-refractivity contribution in [3.8, 4) is 0 Å². The Kier molecular flexibility index (Phi) is 15.6. The van der Waals surface area contributed by atoms with E-state index in [-0.39, 0.29) is 37.2 Å². The molecule has 30 heavy (non-hydrogen) atoms. The van der Waals surface area contributed by atoms with Crippen LogP contribution < -0.4 is 5.14 Å². The molecule has 172 valence electrons.